The van der Waals surface area contributed by atoms with Crippen LogP contribution in [0, 0.1) is 0 Å². The summed E-state index contributed by atoms with van der Waals surface area (Å²) < 4.78 is 2.15. The first-order chi connectivity index (χ1) is 8.19. The predicted octanol–water partition coefficient (Wildman–Crippen LogP) is 2.83. The Kier molecular flexibility index (Phi) is 3.66. The minimum Gasteiger partial charge on any atom is -0.341 e. The summed E-state index contributed by atoms with van der Waals surface area (Å²) >= 11 is 4.63. The number of unbranched alkanes of at least 4 members (excludes halogenated alkanes) is 1. The van der Waals surface area contributed by atoms with Gasteiger partial charge in [0, 0.05) is 13.1 Å². The number of rotatable bonds is 4. The van der Waals surface area contributed by atoms with Crippen molar-refractivity contribution in [3.63, 3.8) is 0 Å². The van der Waals surface area contributed by atoms with Gasteiger partial charge in [0.05, 0.1) is 6.33 Å². The van der Waals surface area contributed by atoms with E-state index >= 15 is 0 Å². The third kappa shape index (κ3) is 2.16. The molecule has 1 aliphatic rings. The molecule has 1 aromatic rings. The monoisotopic (exact) mass is 252 g/mol. The molecule has 1 N–H and O–H groups in total. The van der Waals surface area contributed by atoms with E-state index in [1.807, 2.05) is 6.33 Å². The van der Waals surface area contributed by atoms with Crippen molar-refractivity contribution in [2.75, 3.05) is 11.9 Å². The SMILES string of the molecule is C=C1Nc2c(ncn2CCCC)C(S)N1CC. The molecule has 2 heterocycles. The second kappa shape index (κ2) is 5.04. The maximum Gasteiger partial charge on any atom is 0.137 e. The zero-order chi connectivity index (χ0) is 12.4. The van der Waals surface area contributed by atoms with Crippen LogP contribution in [0.2, 0.25) is 0 Å². The van der Waals surface area contributed by atoms with E-state index in [0.29, 0.717) is 0 Å². The average molecular weight is 252 g/mol. The Morgan fingerprint density at radius 3 is 2.94 bits per heavy atom. The third-order valence-corrected chi connectivity index (χ3v) is 3.63. The molecular formula is C12H20N4S. The van der Waals surface area contributed by atoms with E-state index in [0.717, 1.165) is 36.8 Å². The largest absolute Gasteiger partial charge is 0.341 e. The maximum absolute atomic E-state index is 4.63. The van der Waals surface area contributed by atoms with E-state index in [9.17, 15) is 0 Å². The number of nitrogens with one attached hydrogen (secondary N) is 1. The Morgan fingerprint density at radius 1 is 1.53 bits per heavy atom. The van der Waals surface area contributed by atoms with Crippen molar-refractivity contribution in [2.24, 2.45) is 0 Å². The highest BCUT2D eigenvalue weighted by atomic mass is 32.1. The van der Waals surface area contributed by atoms with Crippen molar-refractivity contribution in [3.05, 3.63) is 24.4 Å². The lowest BCUT2D eigenvalue weighted by molar-refractivity contribution is 0.339. The molecule has 1 unspecified atom stereocenters. The van der Waals surface area contributed by atoms with Gasteiger partial charge in [-0.2, -0.15) is 0 Å². The summed E-state index contributed by atoms with van der Waals surface area (Å²) in [5.74, 6) is 1.95. The Balaban J connectivity index is 2.27. The predicted molar refractivity (Wildman–Crippen MR) is 74.0 cm³/mol. The van der Waals surface area contributed by atoms with E-state index in [-0.39, 0.29) is 5.37 Å². The van der Waals surface area contributed by atoms with Crippen molar-refractivity contribution < 1.29 is 0 Å². The number of hydrogen-bond acceptors (Lipinski definition) is 4. The number of imidazole rings is 1. The van der Waals surface area contributed by atoms with Crippen LogP contribution in [0.5, 0.6) is 0 Å². The second-order valence-electron chi connectivity index (χ2n) is 4.26. The Hall–Kier alpha value is -1.10. The Bertz CT molecular complexity index is 413. The highest BCUT2D eigenvalue weighted by Gasteiger charge is 2.29. The molecule has 0 aromatic carbocycles. The number of anilines is 1. The van der Waals surface area contributed by atoms with Gasteiger partial charge in [-0.3, -0.25) is 0 Å². The van der Waals surface area contributed by atoms with Crippen LogP contribution in [-0.2, 0) is 6.54 Å². The van der Waals surface area contributed by atoms with Gasteiger partial charge in [-0.15, -0.1) is 12.6 Å². The number of fused-ring (bicyclic) bond motifs is 1. The lowest BCUT2D eigenvalue weighted by Gasteiger charge is -2.35. The molecule has 0 saturated heterocycles. The van der Waals surface area contributed by atoms with Gasteiger partial charge in [-0.1, -0.05) is 19.9 Å². The van der Waals surface area contributed by atoms with Crippen molar-refractivity contribution in [2.45, 2.75) is 38.6 Å². The van der Waals surface area contributed by atoms with Crippen LogP contribution in [0.25, 0.3) is 0 Å². The fourth-order valence-electron chi connectivity index (χ4n) is 2.09. The van der Waals surface area contributed by atoms with Crippen LogP contribution in [0.3, 0.4) is 0 Å². The van der Waals surface area contributed by atoms with Gasteiger partial charge in [0.15, 0.2) is 0 Å². The molecule has 0 saturated carbocycles. The minimum absolute atomic E-state index is 0.00614. The summed E-state index contributed by atoms with van der Waals surface area (Å²) in [4.78, 5) is 6.56. The quantitative estimate of drug-likeness (QED) is 0.808. The summed E-state index contributed by atoms with van der Waals surface area (Å²) in [6.45, 7) is 10.2. The lowest BCUT2D eigenvalue weighted by atomic mass is 10.3. The van der Waals surface area contributed by atoms with E-state index in [2.05, 4.69) is 52.8 Å². The van der Waals surface area contributed by atoms with Gasteiger partial charge >= 0.3 is 0 Å². The third-order valence-electron chi connectivity index (χ3n) is 3.11. The van der Waals surface area contributed by atoms with E-state index in [1.54, 1.807) is 0 Å². The summed E-state index contributed by atoms with van der Waals surface area (Å²) in [6.07, 6.45) is 4.23. The number of hydrogen-bond donors (Lipinski definition) is 2. The first kappa shape index (κ1) is 12.4. The fourth-order valence-corrected chi connectivity index (χ4v) is 2.58. The van der Waals surface area contributed by atoms with E-state index < -0.39 is 0 Å². The van der Waals surface area contributed by atoms with Crippen molar-refractivity contribution >= 4 is 18.4 Å². The molecule has 0 aliphatic carbocycles. The molecule has 5 heteroatoms. The van der Waals surface area contributed by atoms with Crippen LogP contribution in [-0.4, -0.2) is 21.0 Å². The normalized spacial score (nSPS) is 19.1. The highest BCUT2D eigenvalue weighted by molar-refractivity contribution is 7.80. The van der Waals surface area contributed by atoms with Gasteiger partial charge in [0.25, 0.3) is 0 Å². The number of aryl methyl sites for hydroxylation is 1. The molecule has 1 aliphatic heterocycles. The minimum atomic E-state index is 0.00614. The molecule has 0 amide bonds. The van der Waals surface area contributed by atoms with Crippen molar-refractivity contribution in [3.8, 4) is 0 Å². The highest BCUT2D eigenvalue weighted by Crippen LogP contribution is 2.36. The average Bonchev–Trinajstić information content (AvgIpc) is 2.70. The lowest BCUT2D eigenvalue weighted by Crippen LogP contribution is -2.33. The standard InChI is InChI=1S/C12H20N4S/c1-4-6-7-15-8-13-10-11(15)14-9(3)16(5-2)12(10)17/h8,12,14,17H,3-7H2,1-2H3. The topological polar surface area (TPSA) is 33.1 Å². The molecule has 0 radical (unpaired) electrons. The molecule has 94 valence electrons. The Morgan fingerprint density at radius 2 is 2.29 bits per heavy atom. The van der Waals surface area contributed by atoms with Crippen LogP contribution in [0.1, 0.15) is 37.8 Å². The zero-order valence-electron chi connectivity index (χ0n) is 10.5. The number of aromatic nitrogens is 2. The van der Waals surface area contributed by atoms with Crippen LogP contribution < -0.4 is 5.32 Å². The molecule has 1 atom stereocenters. The molecule has 1 aromatic heterocycles. The smallest absolute Gasteiger partial charge is 0.137 e. The van der Waals surface area contributed by atoms with Crippen molar-refractivity contribution in [1.82, 2.24) is 14.5 Å². The van der Waals surface area contributed by atoms with Gasteiger partial charge in [-0.05, 0) is 13.3 Å². The van der Waals surface area contributed by atoms with E-state index in [4.69, 9.17) is 0 Å². The first-order valence-corrected chi connectivity index (χ1v) is 6.66. The van der Waals surface area contributed by atoms with Gasteiger partial charge < -0.3 is 14.8 Å². The molecular weight excluding hydrogens is 232 g/mol. The molecule has 2 rings (SSSR count). The van der Waals surface area contributed by atoms with Crippen LogP contribution in [0.15, 0.2) is 18.7 Å². The fraction of sp³-hybridized carbons (Fsp3) is 0.583. The summed E-state index contributed by atoms with van der Waals surface area (Å²) in [6, 6.07) is 0. The van der Waals surface area contributed by atoms with E-state index in [1.165, 1.54) is 6.42 Å². The molecule has 0 bridgehead atoms. The van der Waals surface area contributed by atoms with Crippen LogP contribution >= 0.6 is 12.6 Å². The number of nitrogens with zero attached hydrogens (tertiary/aromatic N) is 3. The Labute approximate surface area is 108 Å². The molecule has 4 nitrogen and oxygen atoms in total. The summed E-state index contributed by atoms with van der Waals surface area (Å²) in [5.41, 5.74) is 0.999. The molecule has 0 fully saturated rings. The second-order valence-corrected chi connectivity index (χ2v) is 4.75. The number of thiol groups is 1. The molecule has 17 heavy (non-hydrogen) atoms. The maximum atomic E-state index is 4.63. The van der Waals surface area contributed by atoms with Gasteiger partial charge in [0.2, 0.25) is 0 Å². The van der Waals surface area contributed by atoms with Gasteiger partial charge in [-0.25, -0.2) is 4.98 Å². The zero-order valence-corrected chi connectivity index (χ0v) is 11.4. The van der Waals surface area contributed by atoms with Crippen LogP contribution in [0.4, 0.5) is 5.82 Å². The van der Waals surface area contributed by atoms with Crippen molar-refractivity contribution in [1.29, 1.82) is 0 Å². The summed E-state index contributed by atoms with van der Waals surface area (Å²) in [7, 11) is 0. The summed E-state index contributed by atoms with van der Waals surface area (Å²) in [5, 5.41) is 3.34. The molecule has 0 spiro atoms. The first-order valence-electron chi connectivity index (χ1n) is 6.14. The van der Waals surface area contributed by atoms with Gasteiger partial charge in [0.1, 0.15) is 22.7 Å².